The molecule has 0 bridgehead atoms. The maximum absolute atomic E-state index is 11.9. The number of thioether (sulfide) groups is 1. The summed E-state index contributed by atoms with van der Waals surface area (Å²) in [6.45, 7) is 2.36. The van der Waals surface area contributed by atoms with Gasteiger partial charge in [0, 0.05) is 19.3 Å². The van der Waals surface area contributed by atoms with Gasteiger partial charge in [0.2, 0.25) is 5.91 Å². The monoisotopic (exact) mass is 283 g/mol. The lowest BCUT2D eigenvalue weighted by atomic mass is 10.1. The van der Waals surface area contributed by atoms with Gasteiger partial charge in [-0.05, 0) is 18.1 Å². The van der Waals surface area contributed by atoms with Crippen molar-refractivity contribution in [3.63, 3.8) is 0 Å². The Morgan fingerprint density at radius 2 is 2.11 bits per heavy atom. The highest BCUT2D eigenvalue weighted by molar-refractivity contribution is 7.99. The van der Waals surface area contributed by atoms with Crippen LogP contribution in [0.4, 0.5) is 0 Å². The van der Waals surface area contributed by atoms with Crippen molar-refractivity contribution >= 4 is 17.7 Å². The highest BCUT2D eigenvalue weighted by Gasteiger charge is 2.11. The smallest absolute Gasteiger partial charge is 0.232 e. The average Bonchev–Trinajstić information content (AvgIpc) is 2.40. The van der Waals surface area contributed by atoms with E-state index in [9.17, 15) is 9.90 Å². The maximum Gasteiger partial charge on any atom is 0.232 e. The first-order valence-corrected chi connectivity index (χ1v) is 7.35. The van der Waals surface area contributed by atoms with Crippen molar-refractivity contribution in [3.05, 3.63) is 35.4 Å². The van der Waals surface area contributed by atoms with Crippen molar-refractivity contribution in [3.8, 4) is 0 Å². The van der Waals surface area contributed by atoms with Crippen molar-refractivity contribution in [2.24, 2.45) is 0 Å². The van der Waals surface area contributed by atoms with E-state index in [4.69, 9.17) is 5.11 Å². The van der Waals surface area contributed by atoms with Crippen molar-refractivity contribution in [2.75, 3.05) is 25.2 Å². The van der Waals surface area contributed by atoms with Crippen LogP contribution < -0.4 is 0 Å². The van der Waals surface area contributed by atoms with Gasteiger partial charge in [0.25, 0.3) is 0 Å². The van der Waals surface area contributed by atoms with E-state index in [0.717, 1.165) is 5.56 Å². The van der Waals surface area contributed by atoms with Gasteiger partial charge in [0.1, 0.15) is 0 Å². The second kappa shape index (κ2) is 8.19. The predicted molar refractivity (Wildman–Crippen MR) is 78.1 cm³/mol. The normalized spacial score (nSPS) is 12.2. The molecule has 1 aromatic rings. The number of benzene rings is 1. The second-order valence-corrected chi connectivity index (χ2v) is 5.56. The third-order valence-corrected chi connectivity index (χ3v) is 3.91. The molecule has 0 saturated heterocycles. The van der Waals surface area contributed by atoms with Crippen LogP contribution in [-0.2, 0) is 11.3 Å². The van der Waals surface area contributed by atoms with Crippen LogP contribution in [0.15, 0.2) is 24.3 Å². The molecule has 1 aromatic carbocycles. The fraction of sp³-hybridized carbons (Fsp3) is 0.500. The zero-order chi connectivity index (χ0) is 14.3. The summed E-state index contributed by atoms with van der Waals surface area (Å²) in [5.74, 6) is 0.721. The van der Waals surface area contributed by atoms with Crippen LogP contribution in [0.2, 0.25) is 0 Å². The van der Waals surface area contributed by atoms with E-state index in [0.29, 0.717) is 18.1 Å². The van der Waals surface area contributed by atoms with Crippen LogP contribution >= 0.6 is 11.8 Å². The third-order valence-electron chi connectivity index (χ3n) is 2.84. The minimum Gasteiger partial charge on any atom is -0.394 e. The summed E-state index contributed by atoms with van der Waals surface area (Å²) < 4.78 is 0. The maximum atomic E-state index is 11.9. The summed E-state index contributed by atoms with van der Waals surface area (Å²) in [6, 6.07) is 7.99. The van der Waals surface area contributed by atoms with Crippen molar-refractivity contribution in [1.82, 2.24) is 4.90 Å². The predicted octanol–water partition coefficient (Wildman–Crippen LogP) is 1.04. The minimum atomic E-state index is -0.750. The zero-order valence-electron chi connectivity index (χ0n) is 11.4. The third kappa shape index (κ3) is 5.63. The lowest BCUT2D eigenvalue weighted by Crippen LogP contribution is -2.28. The van der Waals surface area contributed by atoms with Crippen molar-refractivity contribution < 1.29 is 15.0 Å². The molecule has 5 heteroatoms. The highest BCUT2D eigenvalue weighted by atomic mass is 32.2. The SMILES string of the molecule is Cc1ccccc1CN(C)C(=O)CSCC(O)CO. The molecule has 0 fully saturated rings. The van der Waals surface area contributed by atoms with Gasteiger partial charge in [-0.25, -0.2) is 0 Å². The standard InChI is InChI=1S/C14H21NO3S/c1-11-5-3-4-6-12(11)7-15(2)14(18)10-19-9-13(17)8-16/h3-6,13,16-17H,7-10H2,1-2H3. The Labute approximate surface area is 118 Å². The van der Waals surface area contributed by atoms with Gasteiger partial charge in [0.15, 0.2) is 0 Å². The molecule has 0 aliphatic rings. The lowest BCUT2D eigenvalue weighted by Gasteiger charge is -2.18. The summed E-state index contributed by atoms with van der Waals surface area (Å²) >= 11 is 1.34. The number of rotatable bonds is 7. The number of aryl methyl sites for hydroxylation is 1. The van der Waals surface area contributed by atoms with Gasteiger partial charge in [0.05, 0.1) is 18.5 Å². The van der Waals surface area contributed by atoms with Crippen molar-refractivity contribution in [1.29, 1.82) is 0 Å². The molecule has 0 aromatic heterocycles. The lowest BCUT2D eigenvalue weighted by molar-refractivity contribution is -0.127. The number of hydrogen-bond donors (Lipinski definition) is 2. The Bertz CT molecular complexity index is 411. The van der Waals surface area contributed by atoms with Crippen LogP contribution in [0.5, 0.6) is 0 Å². The second-order valence-electron chi connectivity index (χ2n) is 4.53. The van der Waals surface area contributed by atoms with Crippen molar-refractivity contribution in [2.45, 2.75) is 19.6 Å². The van der Waals surface area contributed by atoms with Gasteiger partial charge in [-0.1, -0.05) is 24.3 Å². The quantitative estimate of drug-likeness (QED) is 0.785. The first-order chi connectivity index (χ1) is 9.04. The molecule has 1 unspecified atom stereocenters. The van der Waals surface area contributed by atoms with E-state index < -0.39 is 6.10 Å². The Morgan fingerprint density at radius 1 is 1.42 bits per heavy atom. The molecule has 4 nitrogen and oxygen atoms in total. The Hall–Kier alpha value is -1.04. The highest BCUT2D eigenvalue weighted by Crippen LogP contribution is 2.11. The average molecular weight is 283 g/mol. The summed E-state index contributed by atoms with van der Waals surface area (Å²) in [5.41, 5.74) is 2.31. The van der Waals surface area contributed by atoms with E-state index in [-0.39, 0.29) is 12.5 Å². The number of amides is 1. The number of hydrogen-bond acceptors (Lipinski definition) is 4. The molecule has 2 N–H and O–H groups in total. The molecule has 0 radical (unpaired) electrons. The number of carbonyl (C=O) groups excluding carboxylic acids is 1. The molecule has 106 valence electrons. The van der Waals surface area contributed by atoms with Crippen LogP contribution in [-0.4, -0.2) is 52.3 Å². The molecule has 0 aliphatic carbocycles. The number of carbonyl (C=O) groups is 1. The molecule has 19 heavy (non-hydrogen) atoms. The summed E-state index contributed by atoms with van der Waals surface area (Å²) in [6.07, 6.45) is -0.750. The number of nitrogens with zero attached hydrogens (tertiary/aromatic N) is 1. The minimum absolute atomic E-state index is 0.0263. The van der Waals surface area contributed by atoms with Crippen LogP contribution in [0.1, 0.15) is 11.1 Å². The van der Waals surface area contributed by atoms with Gasteiger partial charge in [-0.3, -0.25) is 4.79 Å². The van der Waals surface area contributed by atoms with Gasteiger partial charge >= 0.3 is 0 Å². The van der Waals surface area contributed by atoms with E-state index in [1.54, 1.807) is 11.9 Å². The molecular weight excluding hydrogens is 262 g/mol. The first kappa shape index (κ1) is 16.0. The van der Waals surface area contributed by atoms with Gasteiger partial charge in [-0.2, -0.15) is 0 Å². The summed E-state index contributed by atoms with van der Waals surface area (Å²) in [7, 11) is 1.78. The Morgan fingerprint density at radius 3 is 2.74 bits per heavy atom. The molecule has 0 heterocycles. The van der Waals surface area contributed by atoms with Crippen LogP contribution in [0.3, 0.4) is 0 Å². The molecule has 1 rings (SSSR count). The number of aliphatic hydroxyl groups is 2. The largest absolute Gasteiger partial charge is 0.394 e. The van der Waals surface area contributed by atoms with E-state index >= 15 is 0 Å². The topological polar surface area (TPSA) is 60.8 Å². The van der Waals surface area contributed by atoms with Crippen LogP contribution in [0.25, 0.3) is 0 Å². The first-order valence-electron chi connectivity index (χ1n) is 6.19. The fourth-order valence-corrected chi connectivity index (χ4v) is 2.47. The van der Waals surface area contributed by atoms with E-state index in [1.165, 1.54) is 17.3 Å². The van der Waals surface area contributed by atoms with E-state index in [2.05, 4.69) is 0 Å². The summed E-state index contributed by atoms with van der Waals surface area (Å²) in [4.78, 5) is 13.6. The fourth-order valence-electron chi connectivity index (χ4n) is 1.58. The Balaban J connectivity index is 2.39. The Kier molecular flexibility index (Phi) is 6.91. The molecular formula is C14H21NO3S. The molecule has 1 amide bonds. The molecule has 0 spiro atoms. The van der Waals surface area contributed by atoms with Gasteiger partial charge < -0.3 is 15.1 Å². The molecule has 1 atom stereocenters. The molecule has 0 saturated carbocycles. The van der Waals surface area contributed by atoms with Crippen LogP contribution in [0, 0.1) is 6.92 Å². The summed E-state index contributed by atoms with van der Waals surface area (Å²) in [5, 5.41) is 17.9. The van der Waals surface area contributed by atoms with E-state index in [1.807, 2.05) is 31.2 Å². The zero-order valence-corrected chi connectivity index (χ0v) is 12.2. The molecule has 0 aliphatic heterocycles. The van der Waals surface area contributed by atoms with Gasteiger partial charge in [-0.15, -0.1) is 11.8 Å². The number of aliphatic hydroxyl groups excluding tert-OH is 2.